The van der Waals surface area contributed by atoms with Crippen molar-refractivity contribution >= 4 is 59.3 Å². The molecule has 0 aliphatic heterocycles. The van der Waals surface area contributed by atoms with Crippen LogP contribution in [0.25, 0.3) is 64.3 Å². The molecule has 0 saturated heterocycles. The summed E-state index contributed by atoms with van der Waals surface area (Å²) in [5, 5.41) is 5.39. The number of rotatable bonds is 7. The number of thiophene rings is 1. The van der Waals surface area contributed by atoms with E-state index in [1.165, 1.54) is 113 Å². The van der Waals surface area contributed by atoms with Gasteiger partial charge in [-0.25, -0.2) is 0 Å². The van der Waals surface area contributed by atoms with Crippen LogP contribution in [0, 0.1) is 0 Å². The Labute approximate surface area is 347 Å². The Morgan fingerprint density at radius 2 is 1.03 bits per heavy atom. The largest absolute Gasteiger partial charge is 0.309 e. The number of nitrogens with zero attached hydrogens (tertiary/aromatic N) is 1. The van der Waals surface area contributed by atoms with E-state index in [9.17, 15) is 0 Å². The van der Waals surface area contributed by atoms with Crippen molar-refractivity contribution in [1.82, 2.24) is 0 Å². The highest BCUT2D eigenvalue weighted by Crippen LogP contribution is 2.48. The molecule has 1 fully saturated rings. The van der Waals surface area contributed by atoms with E-state index in [1.54, 1.807) is 0 Å². The van der Waals surface area contributed by atoms with Crippen LogP contribution in [0.5, 0.6) is 0 Å². The summed E-state index contributed by atoms with van der Waals surface area (Å²) in [5.74, 6) is 0.594. The lowest BCUT2D eigenvalue weighted by molar-refractivity contribution is 0.445. The van der Waals surface area contributed by atoms with Gasteiger partial charge < -0.3 is 4.90 Å². The van der Waals surface area contributed by atoms with Crippen LogP contribution < -0.4 is 4.90 Å². The molecule has 0 spiro atoms. The Balaban J connectivity index is 1.17. The summed E-state index contributed by atoms with van der Waals surface area (Å²) in [6, 6.07) is 66.0. The molecule has 1 heterocycles. The van der Waals surface area contributed by atoms with Gasteiger partial charge in [0.1, 0.15) is 0 Å². The Morgan fingerprint density at radius 1 is 0.466 bits per heavy atom. The number of fused-ring (bicyclic) bond motifs is 4. The second-order valence-corrected chi connectivity index (χ2v) is 18.2. The lowest BCUT2D eigenvalue weighted by Crippen LogP contribution is -2.13. The third-order valence-corrected chi connectivity index (χ3v) is 13.6. The Bertz CT molecular complexity index is 2900. The topological polar surface area (TPSA) is 3.24 Å². The molecule has 1 aliphatic rings. The number of para-hydroxylation sites is 2. The SMILES string of the molecule is CC(C)(C)c1ccc(-c2ccccc2N(c2ccc(-c3cccc4sc5ccccc5c34)cc2)c2ccccc2-c2cccc3cccc(C4CCCCC4)c23)cc1. The maximum Gasteiger partial charge on any atom is 0.0540 e. The van der Waals surface area contributed by atoms with Gasteiger partial charge in [0.05, 0.1) is 11.4 Å². The Kier molecular flexibility index (Phi) is 9.46. The van der Waals surface area contributed by atoms with Gasteiger partial charge in [-0.2, -0.15) is 0 Å². The predicted octanol–water partition coefficient (Wildman–Crippen LogP) is 17.0. The first-order valence-corrected chi connectivity index (χ1v) is 21.9. The van der Waals surface area contributed by atoms with Gasteiger partial charge in [-0.05, 0) is 105 Å². The average Bonchev–Trinajstić information content (AvgIpc) is 3.66. The summed E-state index contributed by atoms with van der Waals surface area (Å²) in [6.07, 6.45) is 6.51. The van der Waals surface area contributed by atoms with E-state index < -0.39 is 0 Å². The molecule has 284 valence electrons. The van der Waals surface area contributed by atoms with Crippen LogP contribution in [0.1, 0.15) is 69.9 Å². The lowest BCUT2D eigenvalue weighted by Gasteiger charge is -2.31. The first kappa shape index (κ1) is 36.4. The highest BCUT2D eigenvalue weighted by atomic mass is 32.1. The van der Waals surface area contributed by atoms with Crippen molar-refractivity contribution in [3.05, 3.63) is 187 Å². The molecule has 1 saturated carbocycles. The standard InChI is InChI=1S/C56H49NS/c1-56(2,3)42-34-30-39(31-35-42)44-20-7-10-26-50(44)57(43-36-32-40(33-37-43)46-24-15-29-53-55(46)49-22-9-12-28-52(49)58-53)51-27-11-8-21-47(51)48-25-14-19-41-18-13-23-45(54(41)48)38-16-5-4-6-17-38/h7-15,18-38H,4-6,16-17H2,1-3H3. The Hall–Kier alpha value is -5.96. The summed E-state index contributed by atoms with van der Waals surface area (Å²) in [7, 11) is 0. The lowest BCUT2D eigenvalue weighted by atomic mass is 9.80. The quantitative estimate of drug-likeness (QED) is 0.156. The zero-order chi connectivity index (χ0) is 39.2. The first-order valence-electron chi connectivity index (χ1n) is 21.0. The van der Waals surface area contributed by atoms with E-state index in [0.717, 1.165) is 11.4 Å². The minimum Gasteiger partial charge on any atom is -0.309 e. The number of anilines is 3. The van der Waals surface area contributed by atoms with Crippen LogP contribution in [0.4, 0.5) is 17.1 Å². The summed E-state index contributed by atoms with van der Waals surface area (Å²) in [5.41, 5.74) is 13.9. The van der Waals surface area contributed by atoms with Crippen molar-refractivity contribution in [3.63, 3.8) is 0 Å². The molecule has 2 heteroatoms. The molecule has 0 radical (unpaired) electrons. The third-order valence-electron chi connectivity index (χ3n) is 12.5. The minimum atomic E-state index is 0.0827. The highest BCUT2D eigenvalue weighted by molar-refractivity contribution is 7.25. The molecule has 0 bridgehead atoms. The van der Waals surface area contributed by atoms with Crippen LogP contribution in [-0.2, 0) is 5.41 Å². The molecule has 0 atom stereocenters. The van der Waals surface area contributed by atoms with Gasteiger partial charge in [-0.1, -0.05) is 180 Å². The minimum absolute atomic E-state index is 0.0827. The van der Waals surface area contributed by atoms with Gasteiger partial charge in [0.25, 0.3) is 0 Å². The molecular weight excluding hydrogens is 719 g/mol. The van der Waals surface area contributed by atoms with Gasteiger partial charge in [-0.15, -0.1) is 11.3 Å². The fourth-order valence-electron chi connectivity index (χ4n) is 9.52. The van der Waals surface area contributed by atoms with Crippen molar-refractivity contribution in [2.24, 2.45) is 0 Å². The van der Waals surface area contributed by atoms with E-state index in [1.807, 2.05) is 11.3 Å². The van der Waals surface area contributed by atoms with Gasteiger partial charge in [0.2, 0.25) is 0 Å². The van der Waals surface area contributed by atoms with Crippen LogP contribution >= 0.6 is 11.3 Å². The fourth-order valence-corrected chi connectivity index (χ4v) is 10.7. The smallest absolute Gasteiger partial charge is 0.0540 e. The molecule has 58 heavy (non-hydrogen) atoms. The van der Waals surface area contributed by atoms with Crippen molar-refractivity contribution in [2.45, 2.75) is 64.2 Å². The second kappa shape index (κ2) is 15.1. The van der Waals surface area contributed by atoms with Gasteiger partial charge in [0, 0.05) is 37.0 Å². The molecule has 8 aromatic carbocycles. The maximum atomic E-state index is 2.51. The zero-order valence-corrected chi connectivity index (χ0v) is 34.5. The molecule has 9 aromatic rings. The molecule has 10 rings (SSSR count). The first-order chi connectivity index (χ1) is 28.4. The summed E-state index contributed by atoms with van der Waals surface area (Å²) in [6.45, 7) is 6.85. The van der Waals surface area contributed by atoms with Crippen molar-refractivity contribution in [1.29, 1.82) is 0 Å². The van der Waals surface area contributed by atoms with E-state index in [0.29, 0.717) is 5.92 Å². The summed E-state index contributed by atoms with van der Waals surface area (Å²) in [4.78, 5) is 2.51. The number of hydrogen-bond acceptors (Lipinski definition) is 2. The van der Waals surface area contributed by atoms with Crippen molar-refractivity contribution in [2.75, 3.05) is 4.90 Å². The number of benzene rings is 8. The van der Waals surface area contributed by atoms with Crippen molar-refractivity contribution in [3.8, 4) is 33.4 Å². The summed E-state index contributed by atoms with van der Waals surface area (Å²) < 4.78 is 2.66. The molecule has 0 N–H and O–H groups in total. The van der Waals surface area contributed by atoms with E-state index >= 15 is 0 Å². The van der Waals surface area contributed by atoms with E-state index in [-0.39, 0.29) is 5.41 Å². The van der Waals surface area contributed by atoms with E-state index in [2.05, 4.69) is 202 Å². The van der Waals surface area contributed by atoms with Crippen LogP contribution in [-0.4, -0.2) is 0 Å². The normalized spacial score (nSPS) is 13.7. The molecule has 1 aliphatic carbocycles. The molecule has 0 amide bonds. The number of hydrogen-bond donors (Lipinski definition) is 0. The average molecular weight is 768 g/mol. The van der Waals surface area contributed by atoms with Gasteiger partial charge in [-0.3, -0.25) is 0 Å². The summed E-state index contributed by atoms with van der Waals surface area (Å²) >= 11 is 1.88. The van der Waals surface area contributed by atoms with Gasteiger partial charge >= 0.3 is 0 Å². The van der Waals surface area contributed by atoms with Gasteiger partial charge in [0.15, 0.2) is 0 Å². The molecular formula is C56H49NS. The maximum absolute atomic E-state index is 2.51. The fraction of sp³-hybridized carbons (Fsp3) is 0.179. The molecule has 0 unspecified atom stereocenters. The zero-order valence-electron chi connectivity index (χ0n) is 33.7. The van der Waals surface area contributed by atoms with Crippen molar-refractivity contribution < 1.29 is 0 Å². The predicted molar refractivity (Wildman–Crippen MR) is 252 cm³/mol. The van der Waals surface area contributed by atoms with Crippen LogP contribution in [0.3, 0.4) is 0 Å². The van der Waals surface area contributed by atoms with Crippen LogP contribution in [0.2, 0.25) is 0 Å². The molecule has 1 nitrogen and oxygen atoms in total. The monoisotopic (exact) mass is 767 g/mol. The highest BCUT2D eigenvalue weighted by Gasteiger charge is 2.24. The Morgan fingerprint density at radius 3 is 1.79 bits per heavy atom. The van der Waals surface area contributed by atoms with Crippen LogP contribution in [0.15, 0.2) is 176 Å². The van der Waals surface area contributed by atoms with E-state index in [4.69, 9.17) is 0 Å². The third kappa shape index (κ3) is 6.60. The second-order valence-electron chi connectivity index (χ2n) is 17.1. The molecule has 1 aromatic heterocycles.